The van der Waals surface area contributed by atoms with Gasteiger partial charge in [0.1, 0.15) is 0 Å². The van der Waals surface area contributed by atoms with Gasteiger partial charge in [0.2, 0.25) is 0 Å². The maximum absolute atomic E-state index is 9.77. The van der Waals surface area contributed by atoms with E-state index in [1.54, 1.807) is 0 Å². The van der Waals surface area contributed by atoms with Crippen LogP contribution in [0.3, 0.4) is 0 Å². The molecule has 0 heterocycles. The Morgan fingerprint density at radius 3 is 2.42 bits per heavy atom. The first kappa shape index (κ1) is 14.5. The molecule has 3 nitrogen and oxygen atoms in total. The summed E-state index contributed by atoms with van der Waals surface area (Å²) >= 11 is 0. The molecule has 0 radical (unpaired) electrons. The highest BCUT2D eigenvalue weighted by Gasteiger charge is 2.46. The first-order valence-corrected chi connectivity index (χ1v) is 7.04. The highest BCUT2D eigenvalue weighted by atomic mass is 16.3. The zero-order chi connectivity index (χ0) is 14.0. The van der Waals surface area contributed by atoms with Crippen LogP contribution in [-0.4, -0.2) is 36.2 Å². The molecule has 1 aliphatic carbocycles. The SMILES string of the molecule is CN(C)Cc1ccccc1CNC1CC(O)C1(C)C. The minimum absolute atomic E-state index is 0.00348. The molecule has 2 rings (SSSR count). The molecule has 1 aromatic carbocycles. The van der Waals surface area contributed by atoms with Gasteiger partial charge in [-0.25, -0.2) is 0 Å². The predicted octanol–water partition coefficient (Wildman–Crippen LogP) is 2.00. The van der Waals surface area contributed by atoms with Crippen molar-refractivity contribution in [3.63, 3.8) is 0 Å². The average molecular weight is 262 g/mol. The summed E-state index contributed by atoms with van der Waals surface area (Å²) in [7, 11) is 4.19. The molecule has 0 aromatic heterocycles. The molecule has 106 valence electrons. The van der Waals surface area contributed by atoms with Crippen molar-refractivity contribution >= 4 is 0 Å². The van der Waals surface area contributed by atoms with Crippen LogP contribution in [0.25, 0.3) is 0 Å². The molecule has 2 unspecified atom stereocenters. The van der Waals surface area contributed by atoms with Gasteiger partial charge in [-0.2, -0.15) is 0 Å². The van der Waals surface area contributed by atoms with E-state index in [0.29, 0.717) is 6.04 Å². The van der Waals surface area contributed by atoms with E-state index in [1.165, 1.54) is 11.1 Å². The third-order valence-corrected chi connectivity index (χ3v) is 4.36. The summed E-state index contributed by atoms with van der Waals surface area (Å²) in [4.78, 5) is 2.19. The largest absolute Gasteiger partial charge is 0.392 e. The normalized spacial score (nSPS) is 25.4. The lowest BCUT2D eigenvalue weighted by Gasteiger charge is -2.49. The number of benzene rings is 1. The van der Waals surface area contributed by atoms with Crippen molar-refractivity contribution in [1.29, 1.82) is 0 Å². The Balaban J connectivity index is 1.97. The summed E-state index contributed by atoms with van der Waals surface area (Å²) in [6.07, 6.45) is 0.699. The quantitative estimate of drug-likeness (QED) is 0.852. The van der Waals surface area contributed by atoms with Crippen LogP contribution in [0, 0.1) is 5.41 Å². The molecule has 2 atom stereocenters. The van der Waals surface area contributed by atoms with Crippen LogP contribution in [0.15, 0.2) is 24.3 Å². The smallest absolute Gasteiger partial charge is 0.0621 e. The molecule has 19 heavy (non-hydrogen) atoms. The molecule has 0 aliphatic heterocycles. The fourth-order valence-corrected chi connectivity index (χ4v) is 2.71. The molecular formula is C16H26N2O. The predicted molar refractivity (Wildman–Crippen MR) is 78.9 cm³/mol. The minimum atomic E-state index is -0.165. The molecule has 3 heteroatoms. The van der Waals surface area contributed by atoms with Gasteiger partial charge in [0.15, 0.2) is 0 Å². The molecule has 0 bridgehead atoms. The maximum atomic E-state index is 9.77. The van der Waals surface area contributed by atoms with E-state index >= 15 is 0 Å². The Morgan fingerprint density at radius 1 is 1.26 bits per heavy atom. The van der Waals surface area contributed by atoms with Gasteiger partial charge in [0.05, 0.1) is 6.10 Å². The van der Waals surface area contributed by atoms with Gasteiger partial charge in [0, 0.05) is 24.5 Å². The van der Waals surface area contributed by atoms with Crippen LogP contribution in [0.4, 0.5) is 0 Å². The summed E-state index contributed by atoms with van der Waals surface area (Å²) in [6, 6.07) is 8.98. The van der Waals surface area contributed by atoms with Crippen LogP contribution in [0.2, 0.25) is 0 Å². The highest BCUT2D eigenvalue weighted by Crippen LogP contribution is 2.40. The van der Waals surface area contributed by atoms with E-state index in [0.717, 1.165) is 19.5 Å². The Kier molecular flexibility index (Phi) is 4.29. The van der Waals surface area contributed by atoms with Crippen LogP contribution >= 0.6 is 0 Å². The summed E-state index contributed by atoms with van der Waals surface area (Å²) in [5.74, 6) is 0. The second kappa shape index (κ2) is 5.61. The van der Waals surface area contributed by atoms with E-state index in [4.69, 9.17) is 0 Å². The fraction of sp³-hybridized carbons (Fsp3) is 0.625. The summed E-state index contributed by atoms with van der Waals surface area (Å²) in [6.45, 7) is 6.11. The first-order valence-electron chi connectivity index (χ1n) is 7.04. The molecular weight excluding hydrogens is 236 g/mol. The lowest BCUT2D eigenvalue weighted by molar-refractivity contribution is -0.0730. The average Bonchev–Trinajstić information content (AvgIpc) is 2.35. The van der Waals surface area contributed by atoms with Gasteiger partial charge in [0.25, 0.3) is 0 Å². The van der Waals surface area contributed by atoms with Crippen LogP contribution in [-0.2, 0) is 13.1 Å². The monoisotopic (exact) mass is 262 g/mol. The van der Waals surface area contributed by atoms with Gasteiger partial charge in [-0.1, -0.05) is 38.1 Å². The van der Waals surface area contributed by atoms with Crippen LogP contribution in [0.1, 0.15) is 31.4 Å². The summed E-state index contributed by atoms with van der Waals surface area (Å²) in [5, 5.41) is 13.4. The number of aliphatic hydroxyl groups is 1. The number of nitrogens with zero attached hydrogens (tertiary/aromatic N) is 1. The first-order chi connectivity index (χ1) is 8.91. The Morgan fingerprint density at radius 2 is 1.89 bits per heavy atom. The van der Waals surface area contributed by atoms with E-state index in [2.05, 4.69) is 62.4 Å². The van der Waals surface area contributed by atoms with Crippen molar-refractivity contribution in [2.24, 2.45) is 5.41 Å². The fourth-order valence-electron chi connectivity index (χ4n) is 2.71. The third-order valence-electron chi connectivity index (χ3n) is 4.36. The molecule has 0 amide bonds. The van der Waals surface area contributed by atoms with Gasteiger partial charge in [-0.3, -0.25) is 0 Å². The lowest BCUT2D eigenvalue weighted by atomic mass is 9.64. The number of hydrogen-bond acceptors (Lipinski definition) is 3. The Labute approximate surface area is 116 Å². The topological polar surface area (TPSA) is 35.5 Å². The molecule has 1 aromatic rings. The Hall–Kier alpha value is -0.900. The standard InChI is InChI=1S/C16H26N2O/c1-16(2)14(9-15(16)19)17-10-12-7-5-6-8-13(12)11-18(3)4/h5-8,14-15,17,19H,9-11H2,1-4H3. The Bertz CT molecular complexity index is 429. The molecule has 0 saturated heterocycles. The maximum Gasteiger partial charge on any atom is 0.0621 e. The van der Waals surface area contributed by atoms with Crippen molar-refractivity contribution < 1.29 is 5.11 Å². The van der Waals surface area contributed by atoms with E-state index < -0.39 is 0 Å². The second-order valence-electron chi connectivity index (χ2n) is 6.51. The van der Waals surface area contributed by atoms with Gasteiger partial charge in [-0.15, -0.1) is 0 Å². The minimum Gasteiger partial charge on any atom is -0.392 e. The molecule has 1 saturated carbocycles. The molecule has 0 spiro atoms. The molecule has 2 N–H and O–H groups in total. The van der Waals surface area contributed by atoms with Crippen molar-refractivity contribution in [2.45, 2.75) is 45.5 Å². The number of rotatable bonds is 5. The summed E-state index contributed by atoms with van der Waals surface area (Å²) in [5.41, 5.74) is 2.72. The van der Waals surface area contributed by atoms with E-state index in [1.807, 2.05) is 0 Å². The van der Waals surface area contributed by atoms with Gasteiger partial charge in [-0.05, 0) is 31.6 Å². The van der Waals surface area contributed by atoms with Gasteiger partial charge >= 0.3 is 0 Å². The van der Waals surface area contributed by atoms with Crippen LogP contribution in [0.5, 0.6) is 0 Å². The lowest BCUT2D eigenvalue weighted by Crippen LogP contribution is -2.59. The van der Waals surface area contributed by atoms with Crippen molar-refractivity contribution in [1.82, 2.24) is 10.2 Å². The van der Waals surface area contributed by atoms with Crippen molar-refractivity contribution in [3.05, 3.63) is 35.4 Å². The zero-order valence-electron chi connectivity index (χ0n) is 12.5. The van der Waals surface area contributed by atoms with Crippen LogP contribution < -0.4 is 5.32 Å². The van der Waals surface area contributed by atoms with E-state index in [9.17, 15) is 5.11 Å². The van der Waals surface area contributed by atoms with E-state index in [-0.39, 0.29) is 11.5 Å². The molecule has 1 fully saturated rings. The van der Waals surface area contributed by atoms with Crippen molar-refractivity contribution in [3.8, 4) is 0 Å². The summed E-state index contributed by atoms with van der Waals surface area (Å²) < 4.78 is 0. The number of aliphatic hydroxyl groups excluding tert-OH is 1. The van der Waals surface area contributed by atoms with Gasteiger partial charge < -0.3 is 15.3 Å². The third kappa shape index (κ3) is 3.16. The second-order valence-corrected chi connectivity index (χ2v) is 6.51. The number of nitrogens with one attached hydrogen (secondary N) is 1. The zero-order valence-corrected chi connectivity index (χ0v) is 12.5. The highest BCUT2D eigenvalue weighted by molar-refractivity contribution is 5.27. The van der Waals surface area contributed by atoms with Crippen molar-refractivity contribution in [2.75, 3.05) is 14.1 Å². The molecule has 1 aliphatic rings. The number of hydrogen-bond donors (Lipinski definition) is 2.